The Labute approximate surface area is 114 Å². The van der Waals surface area contributed by atoms with Gasteiger partial charge >= 0.3 is 0 Å². The van der Waals surface area contributed by atoms with Gasteiger partial charge in [0.25, 0.3) is 0 Å². The van der Waals surface area contributed by atoms with E-state index in [0.717, 1.165) is 17.1 Å². The van der Waals surface area contributed by atoms with Gasteiger partial charge in [-0.3, -0.25) is 0 Å². The van der Waals surface area contributed by atoms with Gasteiger partial charge in [-0.05, 0) is 12.3 Å². The summed E-state index contributed by atoms with van der Waals surface area (Å²) in [6, 6.07) is 2.06. The number of aromatic nitrogens is 5. The van der Waals surface area contributed by atoms with Gasteiger partial charge in [-0.25, -0.2) is 0 Å². The van der Waals surface area contributed by atoms with E-state index in [4.69, 9.17) is 10.00 Å². The molecular formula is C11H14N6OS. The van der Waals surface area contributed by atoms with E-state index in [9.17, 15) is 0 Å². The third-order valence-electron chi connectivity index (χ3n) is 2.38. The number of methoxy groups -OCH3 is 1. The molecule has 0 aromatic carbocycles. The molecule has 0 fully saturated rings. The van der Waals surface area contributed by atoms with Crippen molar-refractivity contribution in [2.75, 3.05) is 7.11 Å². The lowest BCUT2D eigenvalue weighted by Gasteiger charge is -2.05. The highest BCUT2D eigenvalue weighted by molar-refractivity contribution is 7.13. The van der Waals surface area contributed by atoms with Crippen LogP contribution in [0.4, 0.5) is 0 Å². The van der Waals surface area contributed by atoms with Crippen molar-refractivity contribution < 1.29 is 4.74 Å². The predicted octanol–water partition coefficient (Wildman–Crippen LogP) is 1.34. The van der Waals surface area contributed by atoms with E-state index in [2.05, 4.69) is 40.4 Å². The van der Waals surface area contributed by atoms with Crippen molar-refractivity contribution in [1.82, 2.24) is 25.2 Å². The molecule has 8 heteroatoms. The minimum absolute atomic E-state index is 0.345. The molecule has 2 heterocycles. The van der Waals surface area contributed by atoms with Gasteiger partial charge in [-0.2, -0.15) is 9.94 Å². The van der Waals surface area contributed by atoms with Crippen molar-refractivity contribution in [3.63, 3.8) is 0 Å². The van der Waals surface area contributed by atoms with Crippen molar-refractivity contribution in [3.8, 4) is 11.2 Å². The first kappa shape index (κ1) is 13.6. The van der Waals surface area contributed by atoms with Crippen molar-refractivity contribution in [2.24, 2.45) is 5.92 Å². The Morgan fingerprint density at radius 1 is 1.37 bits per heavy atom. The summed E-state index contributed by atoms with van der Waals surface area (Å²) in [5.41, 5.74) is 1.12. The lowest BCUT2D eigenvalue weighted by atomic mass is 10.1. The maximum atomic E-state index is 9.06. The minimum atomic E-state index is 0.345. The van der Waals surface area contributed by atoms with Gasteiger partial charge in [0.15, 0.2) is 5.69 Å². The monoisotopic (exact) mass is 278 g/mol. The quantitative estimate of drug-likeness (QED) is 0.819. The Morgan fingerprint density at radius 3 is 2.79 bits per heavy atom. The van der Waals surface area contributed by atoms with Crippen LogP contribution in [0.5, 0.6) is 0 Å². The van der Waals surface area contributed by atoms with Gasteiger partial charge in [-0.15, -0.1) is 15.3 Å². The SMILES string of the molecule is COCc1nnc(-n2nnc(C#N)c2CC(C)C)s1. The zero-order valence-electron chi connectivity index (χ0n) is 11.0. The highest BCUT2D eigenvalue weighted by atomic mass is 32.1. The molecule has 19 heavy (non-hydrogen) atoms. The Bertz CT molecular complexity index is 597. The number of nitriles is 1. The zero-order chi connectivity index (χ0) is 13.8. The van der Waals surface area contributed by atoms with E-state index in [1.54, 1.807) is 11.8 Å². The number of hydrogen-bond acceptors (Lipinski definition) is 7. The molecule has 0 N–H and O–H groups in total. The third kappa shape index (κ3) is 2.94. The number of hydrogen-bond donors (Lipinski definition) is 0. The Kier molecular flexibility index (Phi) is 4.19. The summed E-state index contributed by atoms with van der Waals surface area (Å²) in [4.78, 5) is 0. The average Bonchev–Trinajstić information content (AvgIpc) is 2.95. The molecular weight excluding hydrogens is 264 g/mol. The molecule has 0 aliphatic carbocycles. The summed E-state index contributed by atoms with van der Waals surface area (Å²) in [5, 5.41) is 26.4. The van der Waals surface area contributed by atoms with E-state index in [1.807, 2.05) is 0 Å². The van der Waals surface area contributed by atoms with Crippen molar-refractivity contribution in [2.45, 2.75) is 26.9 Å². The fraction of sp³-hybridized carbons (Fsp3) is 0.545. The molecule has 0 amide bonds. The second kappa shape index (κ2) is 5.86. The Morgan fingerprint density at radius 2 is 2.16 bits per heavy atom. The summed E-state index contributed by atoms with van der Waals surface area (Å²) in [6.07, 6.45) is 0.717. The standard InChI is InChI=1S/C11H14N6OS/c1-7(2)4-9-8(5-12)13-16-17(9)11-15-14-10(19-11)6-18-3/h7H,4,6H2,1-3H3. The zero-order valence-corrected chi connectivity index (χ0v) is 11.8. The fourth-order valence-corrected chi connectivity index (χ4v) is 2.41. The number of ether oxygens (including phenoxy) is 1. The molecule has 2 rings (SSSR count). The van der Waals surface area contributed by atoms with Gasteiger partial charge in [0, 0.05) is 7.11 Å². The molecule has 0 aliphatic heterocycles. The second-order valence-electron chi connectivity index (χ2n) is 4.42. The van der Waals surface area contributed by atoms with Crippen LogP contribution in [0.25, 0.3) is 5.13 Å². The van der Waals surface area contributed by atoms with Crippen LogP contribution >= 0.6 is 11.3 Å². The lowest BCUT2D eigenvalue weighted by Crippen LogP contribution is -2.06. The molecule has 0 saturated carbocycles. The highest BCUT2D eigenvalue weighted by Crippen LogP contribution is 2.19. The van der Waals surface area contributed by atoms with Crippen LogP contribution in [0.1, 0.15) is 30.2 Å². The van der Waals surface area contributed by atoms with Crippen LogP contribution in [-0.2, 0) is 17.8 Å². The van der Waals surface area contributed by atoms with Gasteiger partial charge < -0.3 is 4.74 Å². The van der Waals surface area contributed by atoms with Crippen LogP contribution in [0.3, 0.4) is 0 Å². The molecule has 0 saturated heterocycles. The van der Waals surface area contributed by atoms with Gasteiger partial charge in [-0.1, -0.05) is 30.4 Å². The summed E-state index contributed by atoms with van der Waals surface area (Å²) >= 11 is 1.38. The van der Waals surface area contributed by atoms with E-state index < -0.39 is 0 Å². The maximum Gasteiger partial charge on any atom is 0.234 e. The first-order valence-corrected chi connectivity index (χ1v) is 6.63. The molecule has 0 aliphatic rings. The third-order valence-corrected chi connectivity index (χ3v) is 3.25. The van der Waals surface area contributed by atoms with E-state index >= 15 is 0 Å². The van der Waals surface area contributed by atoms with Crippen LogP contribution in [0.2, 0.25) is 0 Å². The summed E-state index contributed by atoms with van der Waals surface area (Å²) in [6.45, 7) is 4.57. The van der Waals surface area contributed by atoms with E-state index in [0.29, 0.717) is 23.4 Å². The highest BCUT2D eigenvalue weighted by Gasteiger charge is 2.18. The van der Waals surface area contributed by atoms with Crippen LogP contribution in [0, 0.1) is 17.2 Å². The summed E-state index contributed by atoms with van der Waals surface area (Å²) in [7, 11) is 1.61. The largest absolute Gasteiger partial charge is 0.377 e. The van der Waals surface area contributed by atoms with Crippen LogP contribution in [0.15, 0.2) is 0 Å². The molecule has 100 valence electrons. The first-order chi connectivity index (χ1) is 9.15. The van der Waals surface area contributed by atoms with Crippen molar-refractivity contribution >= 4 is 11.3 Å². The predicted molar refractivity (Wildman–Crippen MR) is 68.8 cm³/mol. The van der Waals surface area contributed by atoms with Gasteiger partial charge in [0.2, 0.25) is 5.13 Å². The molecule has 0 atom stereocenters. The first-order valence-electron chi connectivity index (χ1n) is 5.82. The molecule has 0 bridgehead atoms. The summed E-state index contributed by atoms with van der Waals surface area (Å²) in [5.74, 6) is 0.399. The number of nitrogens with zero attached hydrogens (tertiary/aromatic N) is 6. The van der Waals surface area contributed by atoms with E-state index in [-0.39, 0.29) is 0 Å². The minimum Gasteiger partial charge on any atom is -0.377 e. The van der Waals surface area contributed by atoms with Crippen molar-refractivity contribution in [1.29, 1.82) is 5.26 Å². The molecule has 0 spiro atoms. The average molecular weight is 278 g/mol. The van der Waals surface area contributed by atoms with Gasteiger partial charge in [0.1, 0.15) is 17.7 Å². The summed E-state index contributed by atoms with van der Waals surface area (Å²) < 4.78 is 6.60. The molecule has 0 unspecified atom stereocenters. The molecule has 7 nitrogen and oxygen atoms in total. The van der Waals surface area contributed by atoms with Gasteiger partial charge in [0.05, 0.1) is 5.69 Å². The molecule has 2 aromatic heterocycles. The normalized spacial score (nSPS) is 10.9. The van der Waals surface area contributed by atoms with Crippen LogP contribution in [-0.4, -0.2) is 32.3 Å². The van der Waals surface area contributed by atoms with Crippen LogP contribution < -0.4 is 0 Å². The van der Waals surface area contributed by atoms with Crippen molar-refractivity contribution in [3.05, 3.63) is 16.4 Å². The smallest absolute Gasteiger partial charge is 0.234 e. The Hall–Kier alpha value is -1.85. The maximum absolute atomic E-state index is 9.06. The fourth-order valence-electron chi connectivity index (χ4n) is 1.62. The second-order valence-corrected chi connectivity index (χ2v) is 5.46. The lowest BCUT2D eigenvalue weighted by molar-refractivity contribution is 0.184. The Balaban J connectivity index is 2.38. The molecule has 0 radical (unpaired) electrons. The topological polar surface area (TPSA) is 89.5 Å². The molecule has 2 aromatic rings. The number of rotatable bonds is 5. The van der Waals surface area contributed by atoms with E-state index in [1.165, 1.54) is 11.3 Å².